The first-order valence-corrected chi connectivity index (χ1v) is 5.89. The number of amides is 2. The van der Waals surface area contributed by atoms with E-state index in [1.54, 1.807) is 0 Å². The SMILES string of the molecule is O=C1NCC(O)C1C(=O)NOc1cccc(C(F)(F)F)c1. The second-order valence-corrected chi connectivity index (χ2v) is 4.38. The van der Waals surface area contributed by atoms with E-state index < -0.39 is 35.6 Å². The van der Waals surface area contributed by atoms with Gasteiger partial charge in [-0.3, -0.25) is 9.59 Å². The number of aliphatic hydroxyl groups is 1. The monoisotopic (exact) mass is 304 g/mol. The van der Waals surface area contributed by atoms with Gasteiger partial charge in [-0.15, -0.1) is 0 Å². The lowest BCUT2D eigenvalue weighted by Gasteiger charge is -2.13. The summed E-state index contributed by atoms with van der Waals surface area (Å²) in [6.45, 7) is -0.0690. The van der Waals surface area contributed by atoms with Gasteiger partial charge >= 0.3 is 6.18 Å². The van der Waals surface area contributed by atoms with Gasteiger partial charge in [0.05, 0.1) is 11.7 Å². The molecular weight excluding hydrogens is 293 g/mol. The van der Waals surface area contributed by atoms with E-state index >= 15 is 0 Å². The minimum atomic E-state index is -4.54. The first-order valence-electron chi connectivity index (χ1n) is 5.89. The van der Waals surface area contributed by atoms with Crippen LogP contribution in [0.4, 0.5) is 13.2 Å². The van der Waals surface area contributed by atoms with Crippen molar-refractivity contribution < 1.29 is 32.7 Å². The first kappa shape index (κ1) is 15.1. The predicted molar refractivity (Wildman–Crippen MR) is 62.7 cm³/mol. The van der Waals surface area contributed by atoms with Crippen molar-refractivity contribution in [1.82, 2.24) is 10.8 Å². The van der Waals surface area contributed by atoms with E-state index in [1.807, 2.05) is 5.48 Å². The summed E-state index contributed by atoms with van der Waals surface area (Å²) in [5.41, 5.74) is 0.916. The summed E-state index contributed by atoms with van der Waals surface area (Å²) in [5.74, 6) is -3.20. The fourth-order valence-corrected chi connectivity index (χ4v) is 1.81. The Morgan fingerprint density at radius 1 is 1.43 bits per heavy atom. The summed E-state index contributed by atoms with van der Waals surface area (Å²) in [6.07, 6.45) is -5.74. The molecule has 0 bridgehead atoms. The Labute approximate surface area is 116 Å². The number of aliphatic hydroxyl groups excluding tert-OH is 1. The molecule has 0 aliphatic carbocycles. The minimum absolute atomic E-state index is 0.0690. The average molecular weight is 304 g/mol. The van der Waals surface area contributed by atoms with Crippen LogP contribution in [0.15, 0.2) is 24.3 Å². The Kier molecular flexibility index (Phi) is 4.03. The van der Waals surface area contributed by atoms with Crippen molar-refractivity contribution in [1.29, 1.82) is 0 Å². The maximum atomic E-state index is 12.5. The summed E-state index contributed by atoms with van der Waals surface area (Å²) in [6, 6.07) is 3.87. The number of carbonyl (C=O) groups is 2. The molecule has 1 aromatic carbocycles. The van der Waals surface area contributed by atoms with Crippen LogP contribution < -0.4 is 15.6 Å². The highest BCUT2D eigenvalue weighted by Gasteiger charge is 2.39. The molecule has 21 heavy (non-hydrogen) atoms. The molecule has 0 spiro atoms. The lowest BCUT2D eigenvalue weighted by Crippen LogP contribution is -2.40. The van der Waals surface area contributed by atoms with Crippen LogP contribution in [0.25, 0.3) is 0 Å². The molecule has 0 aromatic heterocycles. The van der Waals surface area contributed by atoms with Gasteiger partial charge in [0, 0.05) is 6.54 Å². The molecular formula is C12H11F3N2O4. The summed E-state index contributed by atoms with van der Waals surface area (Å²) in [5, 5.41) is 11.7. The Morgan fingerprint density at radius 3 is 2.71 bits per heavy atom. The van der Waals surface area contributed by atoms with Crippen molar-refractivity contribution in [2.24, 2.45) is 5.92 Å². The van der Waals surface area contributed by atoms with Crippen molar-refractivity contribution >= 4 is 11.8 Å². The van der Waals surface area contributed by atoms with Crippen LogP contribution in [-0.2, 0) is 15.8 Å². The summed E-state index contributed by atoms with van der Waals surface area (Å²) in [4.78, 5) is 27.7. The summed E-state index contributed by atoms with van der Waals surface area (Å²) < 4.78 is 37.5. The third kappa shape index (κ3) is 3.43. The largest absolute Gasteiger partial charge is 0.416 e. The van der Waals surface area contributed by atoms with Crippen LogP contribution >= 0.6 is 0 Å². The Bertz CT molecular complexity index is 562. The Balaban J connectivity index is 2.00. The van der Waals surface area contributed by atoms with E-state index in [4.69, 9.17) is 4.84 Å². The number of halogens is 3. The number of hydrogen-bond acceptors (Lipinski definition) is 4. The van der Waals surface area contributed by atoms with E-state index in [0.717, 1.165) is 12.1 Å². The number of β-amino-alcohol motifs (C(OH)–C–C–N with tert-alkyl or cyclic N) is 1. The molecule has 1 fully saturated rings. The molecule has 2 amide bonds. The van der Waals surface area contributed by atoms with Crippen molar-refractivity contribution in [3.63, 3.8) is 0 Å². The fraction of sp³-hybridized carbons (Fsp3) is 0.333. The molecule has 0 radical (unpaired) electrons. The average Bonchev–Trinajstić information content (AvgIpc) is 2.75. The highest BCUT2D eigenvalue weighted by molar-refractivity contribution is 6.02. The number of nitrogens with one attached hydrogen (secondary N) is 2. The molecule has 2 atom stereocenters. The molecule has 1 aliphatic heterocycles. The van der Waals surface area contributed by atoms with Crippen LogP contribution in [0.1, 0.15) is 5.56 Å². The molecule has 6 nitrogen and oxygen atoms in total. The third-order valence-electron chi connectivity index (χ3n) is 2.87. The Hall–Kier alpha value is -2.29. The molecule has 2 unspecified atom stereocenters. The van der Waals surface area contributed by atoms with Gasteiger partial charge in [0.15, 0.2) is 5.75 Å². The van der Waals surface area contributed by atoms with Crippen molar-refractivity contribution in [3.05, 3.63) is 29.8 Å². The van der Waals surface area contributed by atoms with Crippen molar-refractivity contribution in [2.45, 2.75) is 12.3 Å². The van der Waals surface area contributed by atoms with Gasteiger partial charge in [-0.2, -0.15) is 18.7 Å². The molecule has 1 heterocycles. The number of benzene rings is 1. The number of hydroxylamine groups is 1. The fourth-order valence-electron chi connectivity index (χ4n) is 1.81. The number of alkyl halides is 3. The maximum absolute atomic E-state index is 12.5. The number of rotatable bonds is 3. The topological polar surface area (TPSA) is 87.7 Å². The van der Waals surface area contributed by atoms with Crippen LogP contribution in [0, 0.1) is 5.92 Å². The van der Waals surface area contributed by atoms with Gasteiger partial charge < -0.3 is 15.3 Å². The molecule has 0 saturated carbocycles. The van der Waals surface area contributed by atoms with E-state index in [-0.39, 0.29) is 12.3 Å². The minimum Gasteiger partial charge on any atom is -0.390 e. The molecule has 1 aliphatic rings. The second-order valence-electron chi connectivity index (χ2n) is 4.38. The van der Waals surface area contributed by atoms with Gasteiger partial charge in [-0.25, -0.2) is 0 Å². The molecule has 3 N–H and O–H groups in total. The van der Waals surface area contributed by atoms with Gasteiger partial charge in [0.25, 0.3) is 5.91 Å². The summed E-state index contributed by atoms with van der Waals surface area (Å²) >= 11 is 0. The molecule has 9 heteroatoms. The van der Waals surface area contributed by atoms with E-state index in [2.05, 4.69) is 5.32 Å². The highest BCUT2D eigenvalue weighted by atomic mass is 19.4. The maximum Gasteiger partial charge on any atom is 0.416 e. The molecule has 2 rings (SSSR count). The van der Waals surface area contributed by atoms with Crippen molar-refractivity contribution in [3.8, 4) is 5.75 Å². The second kappa shape index (κ2) is 5.60. The van der Waals surface area contributed by atoms with Crippen LogP contribution in [0.3, 0.4) is 0 Å². The smallest absolute Gasteiger partial charge is 0.390 e. The standard InChI is InChI=1S/C12H11F3N2O4/c13-12(14,15)6-2-1-3-7(4-6)21-17-11(20)9-8(18)5-16-10(9)19/h1-4,8-9,18H,5H2,(H,16,19)(H,17,20). The van der Waals surface area contributed by atoms with Crippen molar-refractivity contribution in [2.75, 3.05) is 6.54 Å². The Morgan fingerprint density at radius 2 is 2.14 bits per heavy atom. The lowest BCUT2D eigenvalue weighted by molar-refractivity contribution is -0.140. The van der Waals surface area contributed by atoms with E-state index in [0.29, 0.717) is 6.07 Å². The zero-order chi connectivity index (χ0) is 15.6. The zero-order valence-corrected chi connectivity index (χ0v) is 10.5. The normalized spacial score (nSPS) is 21.8. The molecule has 114 valence electrons. The first-order chi connectivity index (χ1) is 9.79. The zero-order valence-electron chi connectivity index (χ0n) is 10.5. The van der Waals surface area contributed by atoms with E-state index in [9.17, 15) is 27.9 Å². The lowest BCUT2D eigenvalue weighted by atomic mass is 10.1. The van der Waals surface area contributed by atoms with E-state index in [1.165, 1.54) is 6.07 Å². The highest BCUT2D eigenvalue weighted by Crippen LogP contribution is 2.31. The van der Waals surface area contributed by atoms with Gasteiger partial charge in [-0.05, 0) is 18.2 Å². The van der Waals surface area contributed by atoms with Gasteiger partial charge in [-0.1, -0.05) is 6.07 Å². The van der Waals surface area contributed by atoms with Crippen LogP contribution in [0.5, 0.6) is 5.75 Å². The quantitative estimate of drug-likeness (QED) is 0.551. The third-order valence-corrected chi connectivity index (χ3v) is 2.87. The van der Waals surface area contributed by atoms with Gasteiger partial charge in [0.1, 0.15) is 5.92 Å². The number of hydrogen-bond donors (Lipinski definition) is 3. The molecule has 1 saturated heterocycles. The molecule has 1 aromatic rings. The van der Waals surface area contributed by atoms with Gasteiger partial charge in [0.2, 0.25) is 5.91 Å². The van der Waals surface area contributed by atoms with Crippen LogP contribution in [0.2, 0.25) is 0 Å². The van der Waals surface area contributed by atoms with Crippen LogP contribution in [-0.4, -0.2) is 29.6 Å². The predicted octanol–water partition coefficient (Wildman–Crippen LogP) is 0.222. The number of carbonyl (C=O) groups excluding carboxylic acids is 2. The summed E-state index contributed by atoms with van der Waals surface area (Å²) in [7, 11) is 0.